The fourth-order valence-corrected chi connectivity index (χ4v) is 2.39. The fourth-order valence-electron chi connectivity index (χ4n) is 2.39. The van der Waals surface area contributed by atoms with Gasteiger partial charge in [-0.05, 0) is 24.0 Å². The summed E-state index contributed by atoms with van der Waals surface area (Å²) in [6.45, 7) is 0.0898. The van der Waals surface area contributed by atoms with E-state index in [1.807, 2.05) is 12.1 Å². The van der Waals surface area contributed by atoms with Gasteiger partial charge in [0.1, 0.15) is 6.10 Å². The summed E-state index contributed by atoms with van der Waals surface area (Å²) in [6, 6.07) is 8.35. The molecule has 1 aromatic carbocycles. The summed E-state index contributed by atoms with van der Waals surface area (Å²) in [7, 11) is 0. The molecule has 1 heterocycles. The number of nitrogens with two attached hydrogens (primary N) is 1. The van der Waals surface area contributed by atoms with Crippen LogP contribution in [0, 0.1) is 0 Å². The Kier molecular flexibility index (Phi) is 2.85. The first-order valence-corrected chi connectivity index (χ1v) is 6.06. The van der Waals surface area contributed by atoms with Gasteiger partial charge in [-0.3, -0.25) is 0 Å². The van der Waals surface area contributed by atoms with E-state index in [0.717, 1.165) is 12.8 Å². The van der Waals surface area contributed by atoms with Crippen LogP contribution < -0.4 is 5.73 Å². The second kappa shape index (κ2) is 4.51. The van der Waals surface area contributed by atoms with Crippen molar-refractivity contribution in [1.82, 2.24) is 10.1 Å². The highest BCUT2D eigenvalue weighted by atomic mass is 16.5. The van der Waals surface area contributed by atoms with E-state index >= 15 is 0 Å². The zero-order chi connectivity index (χ0) is 12.5. The third kappa shape index (κ3) is 1.91. The molecule has 0 fully saturated rings. The number of aromatic nitrogens is 2. The number of rotatable bonds is 3. The van der Waals surface area contributed by atoms with Crippen molar-refractivity contribution >= 4 is 0 Å². The summed E-state index contributed by atoms with van der Waals surface area (Å²) in [5.41, 5.74) is 8.04. The number of nitrogens with zero attached hydrogens (tertiary/aromatic N) is 2. The first kappa shape index (κ1) is 11.4. The Morgan fingerprint density at radius 2 is 2.00 bits per heavy atom. The molecule has 0 bridgehead atoms. The Morgan fingerprint density at radius 3 is 2.61 bits per heavy atom. The van der Waals surface area contributed by atoms with E-state index in [-0.39, 0.29) is 18.4 Å². The molecular weight excluding hydrogens is 230 g/mol. The average Bonchev–Trinajstić information content (AvgIpc) is 3.03. The van der Waals surface area contributed by atoms with E-state index in [1.54, 1.807) is 0 Å². The Bertz CT molecular complexity index is 528. The Morgan fingerprint density at radius 1 is 1.33 bits per heavy atom. The molecule has 1 atom stereocenters. The van der Waals surface area contributed by atoms with Gasteiger partial charge in [-0.2, -0.15) is 4.98 Å². The molecule has 5 heteroatoms. The van der Waals surface area contributed by atoms with E-state index in [1.165, 1.54) is 11.1 Å². The molecule has 3 N–H and O–H groups in total. The molecule has 94 valence electrons. The van der Waals surface area contributed by atoms with Crippen molar-refractivity contribution in [3.8, 4) is 0 Å². The van der Waals surface area contributed by atoms with Gasteiger partial charge in [0.25, 0.3) is 5.89 Å². The summed E-state index contributed by atoms with van der Waals surface area (Å²) in [5, 5.41) is 13.5. The first-order valence-electron chi connectivity index (χ1n) is 6.06. The minimum Gasteiger partial charge on any atom is -0.382 e. The smallest absolute Gasteiger partial charge is 0.256 e. The van der Waals surface area contributed by atoms with Crippen LogP contribution in [-0.4, -0.2) is 21.8 Å². The molecule has 2 aromatic rings. The van der Waals surface area contributed by atoms with E-state index < -0.39 is 6.10 Å². The van der Waals surface area contributed by atoms with Crippen LogP contribution in [0.2, 0.25) is 0 Å². The highest BCUT2D eigenvalue weighted by Gasteiger charge is 2.27. The van der Waals surface area contributed by atoms with Crippen LogP contribution in [0.1, 0.15) is 34.9 Å². The van der Waals surface area contributed by atoms with Crippen molar-refractivity contribution in [2.45, 2.75) is 24.9 Å². The molecule has 1 unspecified atom stereocenters. The van der Waals surface area contributed by atoms with Gasteiger partial charge in [0, 0.05) is 12.5 Å². The summed E-state index contributed by atoms with van der Waals surface area (Å²) >= 11 is 0. The number of hydrogen-bond donors (Lipinski definition) is 2. The highest BCUT2D eigenvalue weighted by molar-refractivity contribution is 5.34. The van der Waals surface area contributed by atoms with Crippen LogP contribution in [0.3, 0.4) is 0 Å². The summed E-state index contributed by atoms with van der Waals surface area (Å²) in [6.07, 6.45) is 0.983. The molecule has 1 aliphatic rings. The van der Waals surface area contributed by atoms with Crippen LogP contribution in [-0.2, 0) is 12.8 Å². The number of fused-ring (bicyclic) bond motifs is 1. The standard InChI is InChI=1S/C13H15N3O2/c14-7-11(17)13-15-12(16-18-13)10-5-8-3-1-2-4-9(8)6-10/h1-4,10-11,17H,5-7,14H2. The zero-order valence-corrected chi connectivity index (χ0v) is 9.91. The minimum atomic E-state index is -0.866. The van der Waals surface area contributed by atoms with Crippen LogP contribution in [0.15, 0.2) is 28.8 Å². The van der Waals surface area contributed by atoms with Crippen molar-refractivity contribution in [2.24, 2.45) is 5.73 Å². The van der Waals surface area contributed by atoms with Crippen molar-refractivity contribution in [1.29, 1.82) is 0 Å². The molecule has 0 saturated heterocycles. The van der Waals surface area contributed by atoms with Gasteiger partial charge in [0.2, 0.25) is 0 Å². The van der Waals surface area contributed by atoms with Gasteiger partial charge < -0.3 is 15.4 Å². The average molecular weight is 245 g/mol. The predicted octanol–water partition coefficient (Wildman–Crippen LogP) is 0.944. The van der Waals surface area contributed by atoms with Crippen LogP contribution in [0.25, 0.3) is 0 Å². The van der Waals surface area contributed by atoms with Crippen molar-refractivity contribution in [3.05, 3.63) is 47.1 Å². The topological polar surface area (TPSA) is 85.2 Å². The number of aliphatic hydroxyl groups excluding tert-OH is 1. The molecule has 5 nitrogen and oxygen atoms in total. The van der Waals surface area contributed by atoms with Gasteiger partial charge in [-0.1, -0.05) is 29.4 Å². The Balaban J connectivity index is 1.80. The number of benzene rings is 1. The summed E-state index contributed by atoms with van der Waals surface area (Å²) in [4.78, 5) is 4.24. The molecular formula is C13H15N3O2. The van der Waals surface area contributed by atoms with E-state index in [0.29, 0.717) is 5.82 Å². The number of hydrogen-bond acceptors (Lipinski definition) is 5. The van der Waals surface area contributed by atoms with Crippen molar-refractivity contribution in [3.63, 3.8) is 0 Å². The molecule has 0 radical (unpaired) electrons. The quantitative estimate of drug-likeness (QED) is 0.840. The lowest BCUT2D eigenvalue weighted by atomic mass is 10.1. The van der Waals surface area contributed by atoms with Gasteiger partial charge in [0.05, 0.1) is 0 Å². The maximum absolute atomic E-state index is 9.54. The molecule has 0 amide bonds. The highest BCUT2D eigenvalue weighted by Crippen LogP contribution is 2.32. The van der Waals surface area contributed by atoms with Gasteiger partial charge in [-0.15, -0.1) is 0 Å². The van der Waals surface area contributed by atoms with Gasteiger partial charge >= 0.3 is 0 Å². The SMILES string of the molecule is NCC(O)c1nc(C2Cc3ccccc3C2)no1. The van der Waals surface area contributed by atoms with Gasteiger partial charge in [0.15, 0.2) is 5.82 Å². The predicted molar refractivity (Wildman–Crippen MR) is 64.9 cm³/mol. The third-order valence-electron chi connectivity index (χ3n) is 3.38. The summed E-state index contributed by atoms with van der Waals surface area (Å²) < 4.78 is 5.04. The molecule has 18 heavy (non-hydrogen) atoms. The first-order chi connectivity index (χ1) is 8.78. The van der Waals surface area contributed by atoms with Crippen LogP contribution >= 0.6 is 0 Å². The molecule has 1 aliphatic carbocycles. The lowest BCUT2D eigenvalue weighted by Crippen LogP contribution is -2.12. The molecule has 0 saturated carbocycles. The molecule has 0 aliphatic heterocycles. The molecule has 0 spiro atoms. The molecule has 3 rings (SSSR count). The largest absolute Gasteiger partial charge is 0.382 e. The zero-order valence-electron chi connectivity index (χ0n) is 9.91. The second-order valence-electron chi connectivity index (χ2n) is 4.62. The fraction of sp³-hybridized carbons (Fsp3) is 0.385. The Labute approximate surface area is 105 Å². The normalized spacial score (nSPS) is 16.8. The second-order valence-corrected chi connectivity index (χ2v) is 4.62. The van der Waals surface area contributed by atoms with Crippen molar-refractivity contribution in [2.75, 3.05) is 6.54 Å². The maximum atomic E-state index is 9.54. The number of aliphatic hydroxyl groups is 1. The van der Waals surface area contributed by atoms with Crippen LogP contribution in [0.5, 0.6) is 0 Å². The van der Waals surface area contributed by atoms with Crippen molar-refractivity contribution < 1.29 is 9.63 Å². The lowest BCUT2D eigenvalue weighted by molar-refractivity contribution is 0.141. The summed E-state index contributed by atoms with van der Waals surface area (Å²) in [5.74, 6) is 1.11. The van der Waals surface area contributed by atoms with E-state index in [4.69, 9.17) is 10.3 Å². The van der Waals surface area contributed by atoms with E-state index in [9.17, 15) is 5.11 Å². The third-order valence-corrected chi connectivity index (χ3v) is 3.38. The van der Waals surface area contributed by atoms with Gasteiger partial charge in [-0.25, -0.2) is 0 Å². The minimum absolute atomic E-state index is 0.0898. The van der Waals surface area contributed by atoms with E-state index in [2.05, 4.69) is 22.3 Å². The lowest BCUT2D eigenvalue weighted by Gasteiger charge is -2.01. The monoisotopic (exact) mass is 245 g/mol. The maximum Gasteiger partial charge on any atom is 0.256 e. The van der Waals surface area contributed by atoms with Crippen LogP contribution in [0.4, 0.5) is 0 Å². The molecule has 1 aromatic heterocycles. The Hall–Kier alpha value is -1.72.